The van der Waals surface area contributed by atoms with Crippen LogP contribution >= 0.6 is 0 Å². The Morgan fingerprint density at radius 1 is 1.38 bits per heavy atom. The van der Waals surface area contributed by atoms with E-state index in [2.05, 4.69) is 22.1 Å². The summed E-state index contributed by atoms with van der Waals surface area (Å²) >= 11 is 0. The number of rotatable bonds is 2. The Kier molecular flexibility index (Phi) is 5.73. The molecule has 0 aliphatic carbocycles. The Hall–Kier alpha value is -1.90. The van der Waals surface area contributed by atoms with Gasteiger partial charge < -0.3 is 10.2 Å². The number of carbonyl (C=O) groups is 1. The van der Waals surface area contributed by atoms with E-state index in [1.807, 2.05) is 30.0 Å². The molecule has 5 nitrogen and oxygen atoms in total. The molecule has 5 heteroatoms. The SMILES string of the molecule is CN(C)CC#Cc1cncc(C(=O)N2CCCNCC2)c1. The minimum atomic E-state index is 0.0439. The molecule has 1 saturated heterocycles. The van der Waals surface area contributed by atoms with E-state index in [9.17, 15) is 4.79 Å². The first-order valence-corrected chi connectivity index (χ1v) is 7.25. The molecule has 2 heterocycles. The third kappa shape index (κ3) is 4.85. The van der Waals surface area contributed by atoms with Crippen LogP contribution in [0.1, 0.15) is 22.3 Å². The maximum Gasteiger partial charge on any atom is 0.255 e. The zero-order chi connectivity index (χ0) is 15.1. The molecule has 0 atom stereocenters. The first-order valence-electron chi connectivity index (χ1n) is 7.25. The summed E-state index contributed by atoms with van der Waals surface area (Å²) in [6.07, 6.45) is 4.31. The second-order valence-electron chi connectivity index (χ2n) is 5.40. The molecule has 21 heavy (non-hydrogen) atoms. The van der Waals surface area contributed by atoms with E-state index in [0.29, 0.717) is 12.1 Å². The molecule has 1 fully saturated rings. The summed E-state index contributed by atoms with van der Waals surface area (Å²) in [5.74, 6) is 6.15. The molecule has 2 rings (SSSR count). The summed E-state index contributed by atoms with van der Waals surface area (Å²) in [4.78, 5) is 20.5. The van der Waals surface area contributed by atoms with E-state index in [-0.39, 0.29) is 5.91 Å². The summed E-state index contributed by atoms with van der Waals surface area (Å²) in [6.45, 7) is 4.05. The fourth-order valence-corrected chi connectivity index (χ4v) is 2.16. The molecule has 0 saturated carbocycles. The number of pyridine rings is 1. The van der Waals surface area contributed by atoms with Gasteiger partial charge in [0.05, 0.1) is 12.1 Å². The standard InChI is InChI=1S/C16H22N4O/c1-19(2)8-3-5-14-11-15(13-18-12-14)16(21)20-9-4-6-17-7-10-20/h11-13,17H,4,6-10H2,1-2H3. The topological polar surface area (TPSA) is 48.5 Å². The summed E-state index contributed by atoms with van der Waals surface area (Å²) in [6, 6.07) is 1.83. The Morgan fingerprint density at radius 2 is 2.24 bits per heavy atom. The zero-order valence-corrected chi connectivity index (χ0v) is 12.7. The number of carbonyl (C=O) groups excluding carboxylic acids is 1. The molecule has 1 aromatic rings. The Balaban J connectivity index is 2.08. The predicted molar refractivity (Wildman–Crippen MR) is 83.1 cm³/mol. The lowest BCUT2D eigenvalue weighted by Crippen LogP contribution is -2.34. The van der Waals surface area contributed by atoms with Crippen LogP contribution in [0.4, 0.5) is 0 Å². The highest BCUT2D eigenvalue weighted by Crippen LogP contribution is 2.07. The summed E-state index contributed by atoms with van der Waals surface area (Å²) < 4.78 is 0. The van der Waals surface area contributed by atoms with E-state index in [1.54, 1.807) is 12.4 Å². The second-order valence-corrected chi connectivity index (χ2v) is 5.40. The van der Waals surface area contributed by atoms with Crippen molar-refractivity contribution in [3.05, 3.63) is 29.6 Å². The molecule has 0 spiro atoms. The first kappa shape index (κ1) is 15.5. The van der Waals surface area contributed by atoms with Crippen LogP contribution in [-0.4, -0.2) is 67.5 Å². The quantitative estimate of drug-likeness (QED) is 0.801. The number of nitrogens with one attached hydrogen (secondary N) is 1. The van der Waals surface area contributed by atoms with E-state index < -0.39 is 0 Å². The van der Waals surface area contributed by atoms with Crippen LogP contribution in [0.2, 0.25) is 0 Å². The lowest BCUT2D eigenvalue weighted by molar-refractivity contribution is 0.0766. The average Bonchev–Trinajstić information content (AvgIpc) is 2.75. The van der Waals surface area contributed by atoms with Crippen LogP contribution in [0.15, 0.2) is 18.5 Å². The minimum Gasteiger partial charge on any atom is -0.337 e. The summed E-state index contributed by atoms with van der Waals surface area (Å²) in [7, 11) is 3.94. The van der Waals surface area contributed by atoms with Gasteiger partial charge in [-0.3, -0.25) is 14.7 Å². The number of aromatic nitrogens is 1. The molecule has 0 aromatic carbocycles. The summed E-state index contributed by atoms with van der Waals surface area (Å²) in [5.41, 5.74) is 1.41. The van der Waals surface area contributed by atoms with E-state index in [0.717, 1.165) is 38.2 Å². The van der Waals surface area contributed by atoms with Crippen LogP contribution in [0.3, 0.4) is 0 Å². The summed E-state index contributed by atoms with van der Waals surface area (Å²) in [5, 5.41) is 3.30. The maximum atomic E-state index is 12.5. The van der Waals surface area contributed by atoms with Crippen molar-refractivity contribution < 1.29 is 4.79 Å². The molecule has 1 aliphatic rings. The van der Waals surface area contributed by atoms with E-state index in [1.165, 1.54) is 0 Å². The van der Waals surface area contributed by atoms with Crippen LogP contribution < -0.4 is 5.32 Å². The smallest absolute Gasteiger partial charge is 0.255 e. The number of hydrogen-bond donors (Lipinski definition) is 1. The van der Waals surface area contributed by atoms with Gasteiger partial charge in [-0.25, -0.2) is 0 Å². The normalized spacial score (nSPS) is 15.3. The third-order valence-electron chi connectivity index (χ3n) is 3.24. The van der Waals surface area contributed by atoms with E-state index >= 15 is 0 Å². The molecule has 1 amide bonds. The van der Waals surface area contributed by atoms with Gasteiger partial charge in [-0.1, -0.05) is 11.8 Å². The lowest BCUT2D eigenvalue weighted by atomic mass is 10.2. The van der Waals surface area contributed by atoms with Crippen molar-refractivity contribution in [3.63, 3.8) is 0 Å². The highest BCUT2D eigenvalue weighted by molar-refractivity contribution is 5.94. The van der Waals surface area contributed by atoms with Crippen LogP contribution in [-0.2, 0) is 0 Å². The van der Waals surface area contributed by atoms with Crippen molar-refractivity contribution in [1.82, 2.24) is 20.1 Å². The maximum absolute atomic E-state index is 12.5. The molecular formula is C16H22N4O. The average molecular weight is 286 g/mol. The third-order valence-corrected chi connectivity index (χ3v) is 3.24. The van der Waals surface area contributed by atoms with Crippen molar-refractivity contribution in [2.75, 3.05) is 46.8 Å². The van der Waals surface area contributed by atoms with Gasteiger partial charge in [-0.15, -0.1) is 0 Å². The van der Waals surface area contributed by atoms with Crippen LogP contribution in [0.5, 0.6) is 0 Å². The first-order chi connectivity index (χ1) is 10.2. The predicted octanol–water partition coefficient (Wildman–Crippen LogP) is 0.430. The van der Waals surface area contributed by atoms with Crippen molar-refractivity contribution >= 4 is 5.91 Å². The van der Waals surface area contributed by atoms with Gasteiger partial charge in [-0.05, 0) is 33.1 Å². The molecule has 0 radical (unpaired) electrons. The second kappa shape index (κ2) is 7.77. The van der Waals surface area contributed by atoms with Gasteiger partial charge in [0.25, 0.3) is 5.91 Å². The monoisotopic (exact) mass is 286 g/mol. The van der Waals surface area contributed by atoms with Crippen LogP contribution in [0, 0.1) is 11.8 Å². The fraction of sp³-hybridized carbons (Fsp3) is 0.500. The number of nitrogens with zero attached hydrogens (tertiary/aromatic N) is 3. The fourth-order valence-electron chi connectivity index (χ4n) is 2.16. The molecule has 1 N–H and O–H groups in total. The van der Waals surface area contributed by atoms with Crippen molar-refractivity contribution in [3.8, 4) is 11.8 Å². The molecule has 112 valence electrons. The molecule has 1 aromatic heterocycles. The number of hydrogen-bond acceptors (Lipinski definition) is 4. The molecule has 0 bridgehead atoms. The van der Waals surface area contributed by atoms with Crippen molar-refractivity contribution in [2.24, 2.45) is 0 Å². The van der Waals surface area contributed by atoms with Gasteiger partial charge >= 0.3 is 0 Å². The van der Waals surface area contributed by atoms with Crippen molar-refractivity contribution in [1.29, 1.82) is 0 Å². The molecule has 0 unspecified atom stereocenters. The zero-order valence-electron chi connectivity index (χ0n) is 12.7. The van der Waals surface area contributed by atoms with Gasteiger partial charge in [0.2, 0.25) is 0 Å². The molecule has 1 aliphatic heterocycles. The Morgan fingerprint density at radius 3 is 3.05 bits per heavy atom. The lowest BCUT2D eigenvalue weighted by Gasteiger charge is -2.19. The number of amides is 1. The van der Waals surface area contributed by atoms with Crippen LogP contribution in [0.25, 0.3) is 0 Å². The highest BCUT2D eigenvalue weighted by atomic mass is 16.2. The Bertz CT molecular complexity index is 537. The minimum absolute atomic E-state index is 0.0439. The Labute approximate surface area is 126 Å². The van der Waals surface area contributed by atoms with E-state index in [4.69, 9.17) is 0 Å². The van der Waals surface area contributed by atoms with Crippen molar-refractivity contribution in [2.45, 2.75) is 6.42 Å². The van der Waals surface area contributed by atoms with Gasteiger partial charge in [0, 0.05) is 37.6 Å². The highest BCUT2D eigenvalue weighted by Gasteiger charge is 2.17. The largest absolute Gasteiger partial charge is 0.337 e. The van der Waals surface area contributed by atoms with Gasteiger partial charge in [0.1, 0.15) is 0 Å². The molecular weight excluding hydrogens is 264 g/mol. The van der Waals surface area contributed by atoms with Gasteiger partial charge in [-0.2, -0.15) is 0 Å². The van der Waals surface area contributed by atoms with Gasteiger partial charge in [0.15, 0.2) is 0 Å².